The summed E-state index contributed by atoms with van der Waals surface area (Å²) in [6.45, 7) is 0. The van der Waals surface area contributed by atoms with Crippen LogP contribution in [0.1, 0.15) is 16.9 Å². The van der Waals surface area contributed by atoms with Crippen LogP contribution in [0.2, 0.25) is 0 Å². The maximum Gasteiger partial charge on any atom is 0.354 e. The minimum atomic E-state index is -1.10. The van der Waals surface area contributed by atoms with Gasteiger partial charge in [-0.2, -0.15) is 0 Å². The zero-order valence-electron chi connectivity index (χ0n) is 9.87. The molecule has 0 radical (unpaired) electrons. The van der Waals surface area contributed by atoms with Crippen molar-refractivity contribution in [2.75, 3.05) is 7.11 Å². The molecule has 18 heavy (non-hydrogen) atoms. The van der Waals surface area contributed by atoms with Crippen LogP contribution in [0.4, 0.5) is 0 Å². The zero-order chi connectivity index (χ0) is 13.0. The van der Waals surface area contributed by atoms with Crippen molar-refractivity contribution in [1.29, 1.82) is 0 Å². The van der Waals surface area contributed by atoms with Crippen LogP contribution in [-0.4, -0.2) is 29.3 Å². The van der Waals surface area contributed by atoms with Crippen molar-refractivity contribution >= 4 is 5.97 Å². The SMILES string of the molecule is COc1cc(C(=O)O)ncc1OC1C=CC=CC1. The van der Waals surface area contributed by atoms with Gasteiger partial charge in [0, 0.05) is 12.5 Å². The number of aromatic nitrogens is 1. The second kappa shape index (κ2) is 5.35. The second-order valence-electron chi connectivity index (χ2n) is 3.73. The van der Waals surface area contributed by atoms with E-state index in [2.05, 4.69) is 4.98 Å². The van der Waals surface area contributed by atoms with E-state index in [0.29, 0.717) is 11.5 Å². The summed E-state index contributed by atoms with van der Waals surface area (Å²) < 4.78 is 10.8. The molecule has 1 aliphatic carbocycles. The van der Waals surface area contributed by atoms with Gasteiger partial charge in [-0.1, -0.05) is 18.2 Å². The Morgan fingerprint density at radius 1 is 1.44 bits per heavy atom. The summed E-state index contributed by atoms with van der Waals surface area (Å²) in [4.78, 5) is 14.6. The standard InChI is InChI=1S/C13H13NO4/c1-17-11-7-10(13(15)16)14-8-12(11)18-9-5-3-2-4-6-9/h2-5,7-9H,6H2,1H3,(H,15,16). The number of carboxylic acid groups (broad SMARTS) is 1. The molecule has 1 heterocycles. The molecule has 0 aromatic carbocycles. The number of pyridine rings is 1. The number of ether oxygens (including phenoxy) is 2. The van der Waals surface area contributed by atoms with Crippen LogP contribution >= 0.6 is 0 Å². The Hall–Kier alpha value is -2.30. The summed E-state index contributed by atoms with van der Waals surface area (Å²) in [5.41, 5.74) is -0.0710. The molecule has 2 rings (SSSR count). The van der Waals surface area contributed by atoms with Gasteiger partial charge in [0.1, 0.15) is 6.10 Å². The largest absolute Gasteiger partial charge is 0.493 e. The average Bonchev–Trinajstić information content (AvgIpc) is 2.40. The zero-order valence-corrected chi connectivity index (χ0v) is 9.87. The number of rotatable bonds is 4. The highest BCUT2D eigenvalue weighted by atomic mass is 16.5. The third-order valence-electron chi connectivity index (χ3n) is 2.49. The van der Waals surface area contributed by atoms with Gasteiger partial charge in [0.25, 0.3) is 0 Å². The lowest BCUT2D eigenvalue weighted by Gasteiger charge is -2.17. The van der Waals surface area contributed by atoms with Crippen LogP contribution in [0, 0.1) is 0 Å². The highest BCUT2D eigenvalue weighted by Gasteiger charge is 2.14. The van der Waals surface area contributed by atoms with Gasteiger partial charge in [-0.3, -0.25) is 0 Å². The van der Waals surface area contributed by atoms with Gasteiger partial charge in [-0.05, 0) is 6.08 Å². The Bertz CT molecular complexity index is 508. The van der Waals surface area contributed by atoms with Gasteiger partial charge in [-0.25, -0.2) is 9.78 Å². The smallest absolute Gasteiger partial charge is 0.354 e. The van der Waals surface area contributed by atoms with Crippen LogP contribution in [0.3, 0.4) is 0 Å². The molecule has 0 aliphatic heterocycles. The molecule has 5 nitrogen and oxygen atoms in total. The molecule has 0 fully saturated rings. The van der Waals surface area contributed by atoms with Crippen molar-refractivity contribution in [3.8, 4) is 11.5 Å². The first-order valence-electron chi connectivity index (χ1n) is 5.48. The molecule has 0 amide bonds. The quantitative estimate of drug-likeness (QED) is 0.881. The molecule has 1 N–H and O–H groups in total. The fourth-order valence-corrected chi connectivity index (χ4v) is 1.60. The van der Waals surface area contributed by atoms with Crippen LogP contribution in [0.25, 0.3) is 0 Å². The van der Waals surface area contributed by atoms with Gasteiger partial charge >= 0.3 is 5.97 Å². The highest BCUT2D eigenvalue weighted by Crippen LogP contribution is 2.28. The van der Waals surface area contributed by atoms with Crippen LogP contribution in [-0.2, 0) is 0 Å². The number of nitrogens with zero attached hydrogens (tertiary/aromatic N) is 1. The van der Waals surface area contributed by atoms with Crippen molar-refractivity contribution in [1.82, 2.24) is 4.98 Å². The van der Waals surface area contributed by atoms with E-state index in [1.807, 2.05) is 24.3 Å². The second-order valence-corrected chi connectivity index (χ2v) is 3.73. The van der Waals surface area contributed by atoms with Crippen molar-refractivity contribution in [2.24, 2.45) is 0 Å². The van der Waals surface area contributed by atoms with Crippen LogP contribution in [0.15, 0.2) is 36.6 Å². The van der Waals surface area contributed by atoms with Gasteiger partial charge in [0.2, 0.25) is 0 Å². The van der Waals surface area contributed by atoms with Crippen molar-refractivity contribution in [3.63, 3.8) is 0 Å². The fraction of sp³-hybridized carbons (Fsp3) is 0.231. The van der Waals surface area contributed by atoms with E-state index in [1.54, 1.807) is 0 Å². The lowest BCUT2D eigenvalue weighted by molar-refractivity contribution is 0.0690. The minimum Gasteiger partial charge on any atom is -0.493 e. The first-order valence-corrected chi connectivity index (χ1v) is 5.48. The number of allylic oxidation sites excluding steroid dienone is 2. The topological polar surface area (TPSA) is 68.7 Å². The normalized spacial score (nSPS) is 17.5. The Kier molecular flexibility index (Phi) is 3.62. The van der Waals surface area contributed by atoms with Gasteiger partial charge in [0.15, 0.2) is 17.2 Å². The van der Waals surface area contributed by atoms with E-state index >= 15 is 0 Å². The van der Waals surface area contributed by atoms with E-state index in [1.165, 1.54) is 19.4 Å². The number of methoxy groups -OCH3 is 1. The minimum absolute atomic E-state index is 0.0710. The molecule has 0 saturated heterocycles. The third-order valence-corrected chi connectivity index (χ3v) is 2.49. The van der Waals surface area contributed by atoms with Crippen LogP contribution < -0.4 is 9.47 Å². The summed E-state index contributed by atoms with van der Waals surface area (Å²) in [5, 5.41) is 8.84. The Balaban J connectivity index is 2.19. The van der Waals surface area contributed by atoms with Crippen molar-refractivity contribution < 1.29 is 19.4 Å². The summed E-state index contributed by atoms with van der Waals surface area (Å²) >= 11 is 0. The average molecular weight is 247 g/mol. The van der Waals surface area contributed by atoms with Gasteiger partial charge < -0.3 is 14.6 Å². The van der Waals surface area contributed by atoms with Crippen molar-refractivity contribution in [2.45, 2.75) is 12.5 Å². The van der Waals surface area contributed by atoms with E-state index < -0.39 is 5.97 Å². The van der Waals surface area contributed by atoms with Gasteiger partial charge in [-0.15, -0.1) is 0 Å². The van der Waals surface area contributed by atoms with E-state index in [-0.39, 0.29) is 11.8 Å². The predicted octanol–water partition coefficient (Wildman–Crippen LogP) is 2.05. The van der Waals surface area contributed by atoms with Crippen molar-refractivity contribution in [3.05, 3.63) is 42.3 Å². The fourth-order valence-electron chi connectivity index (χ4n) is 1.60. The molecule has 1 atom stereocenters. The molecular formula is C13H13NO4. The third kappa shape index (κ3) is 2.68. The lowest BCUT2D eigenvalue weighted by atomic mass is 10.1. The number of hydrogen-bond donors (Lipinski definition) is 1. The monoisotopic (exact) mass is 247 g/mol. The van der Waals surface area contributed by atoms with Crippen LogP contribution in [0.5, 0.6) is 11.5 Å². The molecule has 0 spiro atoms. The summed E-state index contributed by atoms with van der Waals surface area (Å²) in [7, 11) is 1.46. The molecule has 5 heteroatoms. The lowest BCUT2D eigenvalue weighted by Crippen LogP contribution is -2.15. The molecule has 0 bridgehead atoms. The summed E-state index contributed by atoms with van der Waals surface area (Å²) in [5.74, 6) is -0.293. The molecular weight excluding hydrogens is 234 g/mol. The Labute approximate surface area is 104 Å². The highest BCUT2D eigenvalue weighted by molar-refractivity contribution is 5.86. The maximum atomic E-state index is 10.8. The molecule has 1 unspecified atom stereocenters. The molecule has 1 aromatic rings. The van der Waals surface area contributed by atoms with E-state index in [4.69, 9.17) is 14.6 Å². The molecule has 1 aliphatic rings. The number of carbonyl (C=O) groups is 1. The van der Waals surface area contributed by atoms with E-state index in [0.717, 1.165) is 6.42 Å². The molecule has 94 valence electrons. The number of carboxylic acids is 1. The van der Waals surface area contributed by atoms with Gasteiger partial charge in [0.05, 0.1) is 13.3 Å². The Morgan fingerprint density at radius 2 is 2.28 bits per heavy atom. The maximum absolute atomic E-state index is 10.8. The predicted molar refractivity (Wildman–Crippen MR) is 65.1 cm³/mol. The molecule has 1 aromatic heterocycles. The summed E-state index contributed by atoms with van der Waals surface area (Å²) in [6.07, 6.45) is 9.82. The summed E-state index contributed by atoms with van der Waals surface area (Å²) in [6, 6.07) is 1.35. The Morgan fingerprint density at radius 3 is 2.89 bits per heavy atom. The first-order chi connectivity index (χ1) is 8.70. The number of hydrogen-bond acceptors (Lipinski definition) is 4. The first kappa shape index (κ1) is 12.2. The molecule has 0 saturated carbocycles. The number of aromatic carboxylic acids is 1. The van der Waals surface area contributed by atoms with E-state index in [9.17, 15) is 4.79 Å².